The maximum Gasteiger partial charge on any atom is 0.255 e. The molecule has 0 saturated heterocycles. The van der Waals surface area contributed by atoms with Crippen molar-refractivity contribution in [3.63, 3.8) is 0 Å². The van der Waals surface area contributed by atoms with Crippen molar-refractivity contribution in [2.75, 3.05) is 7.11 Å². The number of H-pyrrole nitrogens is 1. The van der Waals surface area contributed by atoms with Crippen molar-refractivity contribution in [1.29, 1.82) is 0 Å². The molecule has 1 N–H and O–H groups in total. The van der Waals surface area contributed by atoms with Gasteiger partial charge in [0.15, 0.2) is 0 Å². The highest BCUT2D eigenvalue weighted by Crippen LogP contribution is 2.22. The Hall–Kier alpha value is -3.57. The summed E-state index contributed by atoms with van der Waals surface area (Å²) in [5.74, 6) is 0.432. The first-order valence-electron chi connectivity index (χ1n) is 10.2. The Morgan fingerprint density at radius 3 is 2.47 bits per heavy atom. The van der Waals surface area contributed by atoms with E-state index in [9.17, 15) is 9.59 Å². The van der Waals surface area contributed by atoms with Gasteiger partial charge in [0.25, 0.3) is 11.5 Å². The van der Waals surface area contributed by atoms with E-state index in [1.54, 1.807) is 42.3 Å². The summed E-state index contributed by atoms with van der Waals surface area (Å²) in [6.07, 6.45) is 0. The van der Waals surface area contributed by atoms with E-state index in [0.717, 1.165) is 16.5 Å². The van der Waals surface area contributed by atoms with Gasteiger partial charge in [-0.15, -0.1) is 0 Å². The number of nitrogens with one attached hydrogen (secondary N) is 1. The van der Waals surface area contributed by atoms with Crippen LogP contribution in [0.4, 0.5) is 0 Å². The van der Waals surface area contributed by atoms with Gasteiger partial charge in [-0.05, 0) is 48.2 Å². The number of ether oxygens (including phenoxy) is 1. The topological polar surface area (TPSA) is 62.4 Å². The number of amides is 1. The van der Waals surface area contributed by atoms with Crippen LogP contribution in [0.25, 0.3) is 10.9 Å². The van der Waals surface area contributed by atoms with E-state index >= 15 is 0 Å². The molecule has 0 saturated carbocycles. The van der Waals surface area contributed by atoms with Crippen LogP contribution in [0.1, 0.15) is 27.0 Å². The summed E-state index contributed by atoms with van der Waals surface area (Å²) in [5.41, 5.74) is 3.45. The van der Waals surface area contributed by atoms with Crippen molar-refractivity contribution in [3.8, 4) is 5.75 Å². The van der Waals surface area contributed by atoms with Crippen LogP contribution in [0.2, 0.25) is 5.02 Å². The Balaban J connectivity index is 1.72. The second-order valence-electron chi connectivity index (χ2n) is 7.70. The third-order valence-corrected chi connectivity index (χ3v) is 5.71. The second kappa shape index (κ2) is 9.28. The molecule has 0 aliphatic carbocycles. The van der Waals surface area contributed by atoms with E-state index in [-0.39, 0.29) is 18.0 Å². The monoisotopic (exact) mass is 446 g/mol. The number of fused-ring (bicyclic) bond motifs is 1. The van der Waals surface area contributed by atoms with E-state index in [1.165, 1.54) is 0 Å². The molecule has 0 bridgehead atoms. The van der Waals surface area contributed by atoms with Crippen molar-refractivity contribution >= 4 is 28.4 Å². The lowest BCUT2D eigenvalue weighted by atomic mass is 10.1. The summed E-state index contributed by atoms with van der Waals surface area (Å²) in [6.45, 7) is 2.51. The predicted octanol–water partition coefficient (Wildman–Crippen LogP) is 5.34. The van der Waals surface area contributed by atoms with Crippen LogP contribution in [-0.4, -0.2) is 22.9 Å². The largest absolute Gasteiger partial charge is 0.497 e. The van der Waals surface area contributed by atoms with Gasteiger partial charge in [-0.3, -0.25) is 9.59 Å². The van der Waals surface area contributed by atoms with E-state index in [0.29, 0.717) is 34.0 Å². The molecule has 3 aromatic carbocycles. The van der Waals surface area contributed by atoms with Gasteiger partial charge in [-0.2, -0.15) is 0 Å². The minimum absolute atomic E-state index is 0.148. The number of aryl methyl sites for hydroxylation is 1. The number of rotatable bonds is 6. The zero-order valence-corrected chi connectivity index (χ0v) is 18.6. The molecule has 0 radical (unpaired) electrons. The minimum Gasteiger partial charge on any atom is -0.497 e. The van der Waals surface area contributed by atoms with Crippen LogP contribution in [0.3, 0.4) is 0 Å². The molecule has 0 aliphatic heterocycles. The Morgan fingerprint density at radius 1 is 1.00 bits per heavy atom. The normalized spacial score (nSPS) is 10.8. The minimum atomic E-state index is -0.244. The number of hydrogen-bond donors (Lipinski definition) is 1. The van der Waals surface area contributed by atoms with Gasteiger partial charge in [-0.1, -0.05) is 53.6 Å². The number of benzene rings is 3. The van der Waals surface area contributed by atoms with Gasteiger partial charge < -0.3 is 14.6 Å². The number of aromatic amines is 1. The number of nitrogens with zero attached hydrogens (tertiary/aromatic N) is 1. The van der Waals surface area contributed by atoms with Crippen molar-refractivity contribution in [3.05, 3.63) is 110 Å². The highest BCUT2D eigenvalue weighted by molar-refractivity contribution is 6.33. The number of aromatic nitrogens is 1. The fourth-order valence-electron chi connectivity index (χ4n) is 3.59. The van der Waals surface area contributed by atoms with Gasteiger partial charge in [0.05, 0.1) is 29.8 Å². The lowest BCUT2D eigenvalue weighted by molar-refractivity contribution is 0.0729. The molecule has 162 valence electrons. The smallest absolute Gasteiger partial charge is 0.255 e. The molecule has 1 amide bonds. The molecule has 0 aliphatic rings. The summed E-state index contributed by atoms with van der Waals surface area (Å²) in [5, 5.41) is 1.24. The van der Waals surface area contributed by atoms with Gasteiger partial charge in [0.2, 0.25) is 0 Å². The van der Waals surface area contributed by atoms with Crippen molar-refractivity contribution in [2.45, 2.75) is 20.0 Å². The van der Waals surface area contributed by atoms with Gasteiger partial charge in [-0.25, -0.2) is 0 Å². The quantitative estimate of drug-likeness (QED) is 0.434. The van der Waals surface area contributed by atoms with Crippen LogP contribution >= 0.6 is 11.6 Å². The number of hydrogen-bond acceptors (Lipinski definition) is 3. The summed E-state index contributed by atoms with van der Waals surface area (Å²) in [4.78, 5) is 30.8. The van der Waals surface area contributed by atoms with Crippen LogP contribution in [0.5, 0.6) is 5.75 Å². The molecule has 1 heterocycles. The van der Waals surface area contributed by atoms with Crippen LogP contribution in [0.15, 0.2) is 77.6 Å². The molecule has 0 unspecified atom stereocenters. The summed E-state index contributed by atoms with van der Waals surface area (Å²) in [6, 6.07) is 22.2. The molecule has 0 atom stereocenters. The Bertz CT molecular complexity index is 1330. The number of methoxy groups -OCH3 is 1. The highest BCUT2D eigenvalue weighted by atomic mass is 35.5. The van der Waals surface area contributed by atoms with Crippen molar-refractivity contribution in [1.82, 2.24) is 9.88 Å². The van der Waals surface area contributed by atoms with Crippen LogP contribution in [-0.2, 0) is 13.1 Å². The third kappa shape index (κ3) is 4.68. The SMILES string of the molecule is COc1ccc2cc(CN(Cc3ccc(C)cc3)C(=O)c3ccccc3Cl)c(=O)[nH]c2c1. The van der Waals surface area contributed by atoms with Gasteiger partial charge in [0.1, 0.15) is 5.75 Å². The van der Waals surface area contributed by atoms with E-state index in [2.05, 4.69) is 4.98 Å². The molecular weight excluding hydrogens is 424 g/mol. The first kappa shape index (κ1) is 21.7. The molecule has 6 heteroatoms. The van der Waals surface area contributed by atoms with Crippen molar-refractivity contribution < 1.29 is 9.53 Å². The van der Waals surface area contributed by atoms with Gasteiger partial charge in [0, 0.05) is 18.2 Å². The first-order valence-corrected chi connectivity index (χ1v) is 10.6. The number of carbonyl (C=O) groups excluding carboxylic acids is 1. The predicted molar refractivity (Wildman–Crippen MR) is 127 cm³/mol. The fraction of sp³-hybridized carbons (Fsp3) is 0.154. The third-order valence-electron chi connectivity index (χ3n) is 5.38. The molecule has 4 rings (SSSR count). The molecule has 0 spiro atoms. The standard InChI is InChI=1S/C26H23ClN2O3/c1-17-7-9-18(10-8-17)15-29(26(31)22-5-3-4-6-23(22)27)16-20-13-19-11-12-21(32-2)14-24(19)28-25(20)30/h3-14H,15-16H2,1-2H3,(H,28,30). The lowest BCUT2D eigenvalue weighted by Gasteiger charge is -2.23. The molecule has 0 fully saturated rings. The Kier molecular flexibility index (Phi) is 6.28. The fourth-order valence-corrected chi connectivity index (χ4v) is 3.81. The molecule has 4 aromatic rings. The van der Waals surface area contributed by atoms with E-state index in [4.69, 9.17) is 16.3 Å². The average Bonchev–Trinajstić information content (AvgIpc) is 2.80. The lowest BCUT2D eigenvalue weighted by Crippen LogP contribution is -2.32. The number of halogens is 1. The van der Waals surface area contributed by atoms with E-state index in [1.807, 2.05) is 49.4 Å². The first-order chi connectivity index (χ1) is 15.4. The summed E-state index contributed by atoms with van der Waals surface area (Å²) in [7, 11) is 1.58. The number of carbonyl (C=O) groups is 1. The Morgan fingerprint density at radius 2 is 1.75 bits per heavy atom. The second-order valence-corrected chi connectivity index (χ2v) is 8.11. The number of pyridine rings is 1. The van der Waals surface area contributed by atoms with Gasteiger partial charge >= 0.3 is 0 Å². The molecule has 5 nitrogen and oxygen atoms in total. The highest BCUT2D eigenvalue weighted by Gasteiger charge is 2.20. The van der Waals surface area contributed by atoms with Crippen molar-refractivity contribution in [2.24, 2.45) is 0 Å². The summed E-state index contributed by atoms with van der Waals surface area (Å²) >= 11 is 6.30. The van der Waals surface area contributed by atoms with Crippen LogP contribution < -0.4 is 10.3 Å². The zero-order valence-electron chi connectivity index (χ0n) is 17.9. The zero-order chi connectivity index (χ0) is 22.7. The average molecular weight is 447 g/mol. The molecule has 1 aromatic heterocycles. The maximum absolute atomic E-state index is 13.4. The van der Waals surface area contributed by atoms with Crippen LogP contribution in [0, 0.1) is 6.92 Å². The summed E-state index contributed by atoms with van der Waals surface area (Å²) < 4.78 is 5.24. The molecular formula is C26H23ClN2O3. The maximum atomic E-state index is 13.4. The Labute approximate surface area is 191 Å². The molecule has 32 heavy (non-hydrogen) atoms. The van der Waals surface area contributed by atoms with E-state index < -0.39 is 0 Å².